The first kappa shape index (κ1) is 11.3. The third-order valence-corrected chi connectivity index (χ3v) is 2.07. The van der Waals surface area contributed by atoms with Crippen molar-refractivity contribution in [2.75, 3.05) is 20.3 Å². The zero-order valence-corrected chi connectivity index (χ0v) is 8.88. The first-order valence-corrected chi connectivity index (χ1v) is 4.76. The zero-order valence-electron chi connectivity index (χ0n) is 8.13. The molecule has 0 atom stereocenters. The Hall–Kier alpha value is -0.770. The van der Waals surface area contributed by atoms with Gasteiger partial charge < -0.3 is 15.2 Å². The lowest BCUT2D eigenvalue weighted by Gasteiger charge is -2.08. The molecule has 0 heterocycles. The second-order valence-electron chi connectivity index (χ2n) is 2.81. The van der Waals surface area contributed by atoms with Gasteiger partial charge in [0.1, 0.15) is 12.4 Å². The first-order chi connectivity index (χ1) is 6.77. The van der Waals surface area contributed by atoms with E-state index in [1.165, 1.54) is 0 Å². The van der Waals surface area contributed by atoms with Crippen molar-refractivity contribution in [1.29, 1.82) is 0 Å². The molecule has 3 nitrogen and oxygen atoms in total. The summed E-state index contributed by atoms with van der Waals surface area (Å²) in [6.45, 7) is 1.53. The molecule has 0 spiro atoms. The number of ether oxygens (including phenoxy) is 2. The molecule has 0 aliphatic rings. The summed E-state index contributed by atoms with van der Waals surface area (Å²) in [5.41, 5.74) is 6.47. The van der Waals surface area contributed by atoms with Gasteiger partial charge in [-0.15, -0.1) is 0 Å². The van der Waals surface area contributed by atoms with Crippen molar-refractivity contribution >= 4 is 11.6 Å². The van der Waals surface area contributed by atoms with Gasteiger partial charge in [0.15, 0.2) is 0 Å². The molecule has 0 aliphatic carbocycles. The van der Waals surface area contributed by atoms with Crippen LogP contribution in [0.4, 0.5) is 0 Å². The maximum absolute atomic E-state index is 5.97. The van der Waals surface area contributed by atoms with Gasteiger partial charge in [-0.3, -0.25) is 0 Å². The summed E-state index contributed by atoms with van der Waals surface area (Å²) in [5, 5.41) is 0.587. The molecule has 0 saturated heterocycles. The molecule has 14 heavy (non-hydrogen) atoms. The van der Waals surface area contributed by atoms with E-state index in [4.69, 9.17) is 26.8 Å². The SMILES string of the molecule is COCCOc1ccc(CN)cc1Cl. The topological polar surface area (TPSA) is 44.5 Å². The summed E-state index contributed by atoms with van der Waals surface area (Å²) in [6.07, 6.45) is 0. The Morgan fingerprint density at radius 3 is 2.71 bits per heavy atom. The van der Waals surface area contributed by atoms with Gasteiger partial charge in [-0.2, -0.15) is 0 Å². The molecule has 1 rings (SSSR count). The standard InChI is InChI=1S/C10H14ClNO2/c1-13-4-5-14-10-3-2-8(7-12)6-9(10)11/h2-3,6H,4-5,7,12H2,1H3. The number of nitrogens with two attached hydrogens (primary N) is 1. The van der Waals surface area contributed by atoms with Crippen LogP contribution in [0.3, 0.4) is 0 Å². The van der Waals surface area contributed by atoms with Crippen LogP contribution in [-0.4, -0.2) is 20.3 Å². The average molecular weight is 216 g/mol. The molecule has 0 aromatic heterocycles. The first-order valence-electron chi connectivity index (χ1n) is 4.38. The molecule has 0 bridgehead atoms. The molecule has 2 N–H and O–H groups in total. The molecule has 1 aromatic rings. The fourth-order valence-electron chi connectivity index (χ4n) is 1.02. The lowest BCUT2D eigenvalue weighted by molar-refractivity contribution is 0.146. The van der Waals surface area contributed by atoms with Gasteiger partial charge in [-0.1, -0.05) is 17.7 Å². The van der Waals surface area contributed by atoms with E-state index in [0.717, 1.165) is 5.56 Å². The quantitative estimate of drug-likeness (QED) is 0.763. The van der Waals surface area contributed by atoms with Gasteiger partial charge in [0, 0.05) is 13.7 Å². The monoisotopic (exact) mass is 215 g/mol. The van der Waals surface area contributed by atoms with Crippen molar-refractivity contribution in [1.82, 2.24) is 0 Å². The largest absolute Gasteiger partial charge is 0.490 e. The van der Waals surface area contributed by atoms with Crippen LogP contribution in [0.25, 0.3) is 0 Å². The Bertz CT molecular complexity index is 291. The zero-order chi connectivity index (χ0) is 10.4. The highest BCUT2D eigenvalue weighted by atomic mass is 35.5. The van der Waals surface area contributed by atoms with E-state index in [-0.39, 0.29) is 0 Å². The molecule has 0 aliphatic heterocycles. The van der Waals surface area contributed by atoms with Crippen LogP contribution in [-0.2, 0) is 11.3 Å². The lowest BCUT2D eigenvalue weighted by Crippen LogP contribution is -2.05. The predicted molar refractivity (Wildman–Crippen MR) is 56.7 cm³/mol. The second kappa shape index (κ2) is 5.86. The number of methoxy groups -OCH3 is 1. The minimum atomic E-state index is 0.484. The summed E-state index contributed by atoms with van der Waals surface area (Å²) in [6, 6.07) is 5.53. The average Bonchev–Trinajstić information content (AvgIpc) is 2.20. The van der Waals surface area contributed by atoms with Gasteiger partial charge in [-0.25, -0.2) is 0 Å². The maximum Gasteiger partial charge on any atom is 0.138 e. The molecule has 4 heteroatoms. The van der Waals surface area contributed by atoms with Crippen molar-refractivity contribution in [3.05, 3.63) is 28.8 Å². The minimum absolute atomic E-state index is 0.484. The second-order valence-corrected chi connectivity index (χ2v) is 3.22. The number of halogens is 1. The summed E-state index contributed by atoms with van der Waals surface area (Å²) in [5.74, 6) is 0.668. The number of rotatable bonds is 5. The number of hydrogen-bond acceptors (Lipinski definition) is 3. The minimum Gasteiger partial charge on any atom is -0.490 e. The molecule has 0 amide bonds. The van der Waals surface area contributed by atoms with Gasteiger partial charge in [-0.05, 0) is 17.7 Å². The van der Waals surface area contributed by atoms with Crippen LogP contribution in [0.5, 0.6) is 5.75 Å². The van der Waals surface area contributed by atoms with E-state index in [1.807, 2.05) is 18.2 Å². The highest BCUT2D eigenvalue weighted by Gasteiger charge is 2.01. The van der Waals surface area contributed by atoms with E-state index in [1.54, 1.807) is 7.11 Å². The van der Waals surface area contributed by atoms with Crippen LogP contribution >= 0.6 is 11.6 Å². The van der Waals surface area contributed by atoms with E-state index in [9.17, 15) is 0 Å². The summed E-state index contributed by atoms with van der Waals surface area (Å²) >= 11 is 5.97. The Kier molecular flexibility index (Phi) is 4.73. The van der Waals surface area contributed by atoms with E-state index in [0.29, 0.717) is 30.5 Å². The van der Waals surface area contributed by atoms with Crippen LogP contribution in [0, 0.1) is 0 Å². The van der Waals surface area contributed by atoms with Gasteiger partial charge in [0.2, 0.25) is 0 Å². The summed E-state index contributed by atoms with van der Waals surface area (Å²) < 4.78 is 10.2. The highest BCUT2D eigenvalue weighted by Crippen LogP contribution is 2.25. The fourth-order valence-corrected chi connectivity index (χ4v) is 1.28. The summed E-state index contributed by atoms with van der Waals surface area (Å²) in [7, 11) is 1.63. The van der Waals surface area contributed by atoms with Crippen molar-refractivity contribution < 1.29 is 9.47 Å². The van der Waals surface area contributed by atoms with E-state index >= 15 is 0 Å². The van der Waals surface area contributed by atoms with Crippen LogP contribution in [0.15, 0.2) is 18.2 Å². The molecule has 0 saturated carbocycles. The van der Waals surface area contributed by atoms with E-state index < -0.39 is 0 Å². The fraction of sp³-hybridized carbons (Fsp3) is 0.400. The Morgan fingerprint density at radius 2 is 2.14 bits per heavy atom. The van der Waals surface area contributed by atoms with Crippen LogP contribution in [0.1, 0.15) is 5.56 Å². The lowest BCUT2D eigenvalue weighted by atomic mass is 10.2. The van der Waals surface area contributed by atoms with Crippen molar-refractivity contribution in [3.63, 3.8) is 0 Å². The van der Waals surface area contributed by atoms with Gasteiger partial charge in [0.05, 0.1) is 11.6 Å². The predicted octanol–water partition coefficient (Wildman–Crippen LogP) is 1.82. The van der Waals surface area contributed by atoms with Gasteiger partial charge >= 0.3 is 0 Å². The Morgan fingerprint density at radius 1 is 1.36 bits per heavy atom. The molecule has 0 unspecified atom stereocenters. The van der Waals surface area contributed by atoms with E-state index in [2.05, 4.69) is 0 Å². The molecule has 0 fully saturated rings. The number of hydrogen-bond donors (Lipinski definition) is 1. The van der Waals surface area contributed by atoms with Gasteiger partial charge in [0.25, 0.3) is 0 Å². The van der Waals surface area contributed by atoms with Crippen molar-refractivity contribution in [2.45, 2.75) is 6.54 Å². The third kappa shape index (κ3) is 3.18. The molecular weight excluding hydrogens is 202 g/mol. The smallest absolute Gasteiger partial charge is 0.138 e. The maximum atomic E-state index is 5.97. The summed E-state index contributed by atoms with van der Waals surface area (Å²) in [4.78, 5) is 0. The van der Waals surface area contributed by atoms with Crippen LogP contribution < -0.4 is 10.5 Å². The molecular formula is C10H14ClNO2. The molecule has 1 aromatic carbocycles. The number of benzene rings is 1. The molecule has 0 radical (unpaired) electrons. The Labute approximate surface area is 88.8 Å². The third-order valence-electron chi connectivity index (χ3n) is 1.78. The van der Waals surface area contributed by atoms with Crippen molar-refractivity contribution in [2.24, 2.45) is 5.73 Å². The Balaban J connectivity index is 2.59. The van der Waals surface area contributed by atoms with Crippen molar-refractivity contribution in [3.8, 4) is 5.75 Å². The highest BCUT2D eigenvalue weighted by molar-refractivity contribution is 6.32. The normalized spacial score (nSPS) is 10.2. The van der Waals surface area contributed by atoms with Crippen LogP contribution in [0.2, 0.25) is 5.02 Å². The molecule has 78 valence electrons.